The molecule has 2 amide bonds. The minimum absolute atomic E-state index is 0.0600. The lowest BCUT2D eigenvalue weighted by atomic mass is 9.86. The van der Waals surface area contributed by atoms with Gasteiger partial charge in [-0.05, 0) is 51.2 Å². The average Bonchev–Trinajstić information content (AvgIpc) is 2.76. The molecule has 1 N–H and O–H groups in total. The second-order valence-corrected chi connectivity index (χ2v) is 8.04. The molecule has 0 aliphatic heterocycles. The Hall–Kier alpha value is -1.03. The Morgan fingerprint density at radius 3 is 2.71 bits per heavy atom. The number of hydrogen-bond donors (Lipinski definition) is 1. The van der Waals surface area contributed by atoms with Gasteiger partial charge in [-0.3, -0.25) is 0 Å². The number of rotatable bonds is 3. The van der Waals surface area contributed by atoms with Crippen molar-refractivity contribution in [3.05, 3.63) is 21.4 Å². The fourth-order valence-corrected chi connectivity index (χ4v) is 4.39. The number of carbonyl (C=O) groups is 1. The van der Waals surface area contributed by atoms with Crippen molar-refractivity contribution in [3.63, 3.8) is 0 Å². The van der Waals surface area contributed by atoms with Crippen molar-refractivity contribution in [2.24, 2.45) is 5.92 Å². The van der Waals surface area contributed by atoms with E-state index in [1.54, 1.807) is 11.3 Å². The highest BCUT2D eigenvalue weighted by Gasteiger charge is 2.26. The number of amides is 2. The first-order chi connectivity index (χ1) is 9.88. The van der Waals surface area contributed by atoms with Crippen molar-refractivity contribution in [2.75, 3.05) is 7.05 Å². The summed E-state index contributed by atoms with van der Waals surface area (Å²) >= 11 is 1.80. The second kappa shape index (κ2) is 6.82. The fraction of sp³-hybridized carbons (Fsp3) is 0.706. The zero-order chi connectivity index (χ0) is 15.6. The summed E-state index contributed by atoms with van der Waals surface area (Å²) in [4.78, 5) is 17.0. The van der Waals surface area contributed by atoms with E-state index in [9.17, 15) is 4.79 Å². The van der Waals surface area contributed by atoms with Gasteiger partial charge >= 0.3 is 6.03 Å². The predicted molar refractivity (Wildman–Crippen MR) is 89.9 cm³/mol. The summed E-state index contributed by atoms with van der Waals surface area (Å²) in [6, 6.07) is 2.72. The highest BCUT2D eigenvalue weighted by Crippen LogP contribution is 2.28. The summed E-state index contributed by atoms with van der Waals surface area (Å²) in [7, 11) is 1.94. The van der Waals surface area contributed by atoms with Crippen molar-refractivity contribution in [3.8, 4) is 0 Å². The van der Waals surface area contributed by atoms with Crippen molar-refractivity contribution in [1.82, 2.24) is 10.2 Å². The Morgan fingerprint density at radius 2 is 2.14 bits per heavy atom. The lowest BCUT2D eigenvalue weighted by Gasteiger charge is -2.34. The first-order valence-corrected chi connectivity index (χ1v) is 8.80. The van der Waals surface area contributed by atoms with Gasteiger partial charge in [-0.15, -0.1) is 11.3 Å². The number of thiophene rings is 1. The van der Waals surface area contributed by atoms with Gasteiger partial charge in [0.15, 0.2) is 0 Å². The lowest BCUT2D eigenvalue weighted by Crippen LogP contribution is -2.45. The van der Waals surface area contributed by atoms with Crippen LogP contribution in [0.4, 0.5) is 4.79 Å². The molecular weight excluding hydrogens is 280 g/mol. The molecule has 1 aliphatic carbocycles. The first-order valence-electron chi connectivity index (χ1n) is 7.98. The predicted octanol–water partition coefficient (Wildman–Crippen LogP) is 4.65. The molecule has 1 aliphatic rings. The molecule has 2 rings (SSSR count). The third-order valence-corrected chi connectivity index (χ3v) is 5.64. The minimum atomic E-state index is 0.0600. The normalized spacial score (nSPS) is 23.7. The van der Waals surface area contributed by atoms with Gasteiger partial charge in [-0.25, -0.2) is 4.79 Å². The topological polar surface area (TPSA) is 32.3 Å². The van der Waals surface area contributed by atoms with Gasteiger partial charge in [0, 0.05) is 22.8 Å². The van der Waals surface area contributed by atoms with E-state index in [1.165, 1.54) is 28.2 Å². The quantitative estimate of drug-likeness (QED) is 0.866. The Bertz CT molecular complexity index is 497. The van der Waals surface area contributed by atoms with E-state index in [0.717, 1.165) is 18.8 Å². The summed E-state index contributed by atoms with van der Waals surface area (Å²) in [5, 5.41) is 3.16. The Morgan fingerprint density at radius 1 is 1.43 bits per heavy atom. The van der Waals surface area contributed by atoms with E-state index in [-0.39, 0.29) is 12.1 Å². The van der Waals surface area contributed by atoms with Gasteiger partial charge < -0.3 is 10.2 Å². The van der Waals surface area contributed by atoms with Crippen molar-refractivity contribution in [2.45, 2.75) is 65.5 Å². The van der Waals surface area contributed by atoms with Gasteiger partial charge in [0.1, 0.15) is 0 Å². The summed E-state index contributed by atoms with van der Waals surface area (Å²) in [6.07, 6.45) is 4.81. The van der Waals surface area contributed by atoms with E-state index in [2.05, 4.69) is 39.1 Å². The molecule has 0 aromatic carbocycles. The number of nitrogens with zero attached hydrogens (tertiary/aromatic N) is 1. The van der Waals surface area contributed by atoms with Gasteiger partial charge in [-0.2, -0.15) is 0 Å². The maximum absolute atomic E-state index is 12.5. The molecule has 1 aromatic rings. The van der Waals surface area contributed by atoms with Crippen LogP contribution in [0.15, 0.2) is 6.07 Å². The van der Waals surface area contributed by atoms with Crippen LogP contribution in [0.2, 0.25) is 0 Å². The van der Waals surface area contributed by atoms with Crippen LogP contribution < -0.4 is 5.32 Å². The molecule has 1 saturated carbocycles. The molecule has 4 heteroatoms. The first kappa shape index (κ1) is 16.3. The smallest absolute Gasteiger partial charge is 0.317 e. The summed E-state index contributed by atoms with van der Waals surface area (Å²) in [5.74, 6) is 0.734. The molecule has 1 aromatic heterocycles. The maximum atomic E-state index is 12.5. The molecule has 3 nitrogen and oxygen atoms in total. The van der Waals surface area contributed by atoms with E-state index < -0.39 is 0 Å². The van der Waals surface area contributed by atoms with Crippen LogP contribution >= 0.6 is 11.3 Å². The fourth-order valence-electron chi connectivity index (χ4n) is 3.36. The van der Waals surface area contributed by atoms with Crippen LogP contribution in [0, 0.1) is 19.8 Å². The summed E-state index contributed by atoms with van der Waals surface area (Å²) in [6.45, 7) is 8.61. The summed E-state index contributed by atoms with van der Waals surface area (Å²) < 4.78 is 0. The number of aryl methyl sites for hydroxylation is 2. The molecule has 0 spiro atoms. The van der Waals surface area contributed by atoms with Crippen molar-refractivity contribution >= 4 is 17.4 Å². The van der Waals surface area contributed by atoms with Crippen LogP contribution in [-0.2, 0) is 0 Å². The highest BCUT2D eigenvalue weighted by atomic mass is 32.1. The highest BCUT2D eigenvalue weighted by molar-refractivity contribution is 7.12. The molecule has 1 heterocycles. The minimum Gasteiger partial charge on any atom is -0.331 e. The van der Waals surface area contributed by atoms with Crippen molar-refractivity contribution in [1.29, 1.82) is 0 Å². The Kier molecular flexibility index (Phi) is 5.31. The van der Waals surface area contributed by atoms with Crippen LogP contribution in [0.5, 0.6) is 0 Å². The average molecular weight is 308 g/mol. The van der Waals surface area contributed by atoms with Crippen molar-refractivity contribution < 1.29 is 4.79 Å². The second-order valence-electron chi connectivity index (χ2n) is 6.58. The van der Waals surface area contributed by atoms with Crippen LogP contribution in [-0.4, -0.2) is 24.0 Å². The molecule has 0 bridgehead atoms. The molecule has 1 fully saturated rings. The summed E-state index contributed by atoms with van der Waals surface area (Å²) in [5.41, 5.74) is 1.25. The van der Waals surface area contributed by atoms with Gasteiger partial charge in [0.05, 0.1) is 6.04 Å². The number of nitrogens with one attached hydrogen (secondary N) is 1. The standard InChI is InChI=1S/C17H28N2OS/c1-11-7-6-8-15(9-11)19(5)17(20)18-13(3)16-10-12(2)21-14(16)4/h10-11,13,15H,6-9H2,1-5H3,(H,18,20). The Balaban J connectivity index is 1.95. The van der Waals surface area contributed by atoms with E-state index in [4.69, 9.17) is 0 Å². The largest absolute Gasteiger partial charge is 0.331 e. The molecular formula is C17H28N2OS. The Labute approximate surface area is 132 Å². The zero-order valence-corrected chi connectivity index (χ0v) is 14.7. The van der Waals surface area contributed by atoms with Crippen LogP contribution in [0.1, 0.15) is 60.9 Å². The van der Waals surface area contributed by atoms with E-state index in [0.29, 0.717) is 6.04 Å². The molecule has 21 heavy (non-hydrogen) atoms. The van der Waals surface area contributed by atoms with Gasteiger partial charge in [-0.1, -0.05) is 19.8 Å². The molecule has 118 valence electrons. The monoisotopic (exact) mass is 308 g/mol. The number of hydrogen-bond acceptors (Lipinski definition) is 2. The van der Waals surface area contributed by atoms with Crippen LogP contribution in [0.25, 0.3) is 0 Å². The lowest BCUT2D eigenvalue weighted by molar-refractivity contribution is 0.158. The zero-order valence-electron chi connectivity index (χ0n) is 13.9. The SMILES string of the molecule is Cc1cc(C(C)NC(=O)N(C)C2CCCC(C)C2)c(C)s1. The van der Waals surface area contributed by atoms with E-state index >= 15 is 0 Å². The van der Waals surface area contributed by atoms with Gasteiger partial charge in [0.2, 0.25) is 0 Å². The van der Waals surface area contributed by atoms with Gasteiger partial charge in [0.25, 0.3) is 0 Å². The number of carbonyl (C=O) groups excluding carboxylic acids is 1. The maximum Gasteiger partial charge on any atom is 0.317 e. The van der Waals surface area contributed by atoms with Crippen LogP contribution in [0.3, 0.4) is 0 Å². The third-order valence-electron chi connectivity index (χ3n) is 4.66. The van der Waals surface area contributed by atoms with E-state index in [1.807, 2.05) is 11.9 Å². The number of urea groups is 1. The molecule has 0 saturated heterocycles. The molecule has 0 radical (unpaired) electrons. The third kappa shape index (κ3) is 4.00. The molecule has 3 unspecified atom stereocenters. The molecule has 3 atom stereocenters.